The second-order valence-corrected chi connectivity index (χ2v) is 5.96. The smallest absolute Gasteiger partial charge is 0.306 e. The molecule has 0 aromatic rings. The molecule has 0 saturated heterocycles. The van der Waals surface area contributed by atoms with Crippen LogP contribution < -0.4 is 0 Å². The van der Waals surface area contributed by atoms with Crippen LogP contribution in [0.3, 0.4) is 0 Å². The Labute approximate surface area is 106 Å². The van der Waals surface area contributed by atoms with Gasteiger partial charge in [-0.15, -0.1) is 0 Å². The number of esters is 1. The maximum atomic E-state index is 11.7. The molecule has 0 amide bonds. The number of unbranched alkanes of at least 4 members (excludes halogenated alkanes) is 1. The first-order chi connectivity index (χ1) is 8.04. The summed E-state index contributed by atoms with van der Waals surface area (Å²) in [5, 5.41) is 0. The number of rotatable bonds is 5. The predicted molar refractivity (Wildman–Crippen MR) is 70.7 cm³/mol. The van der Waals surface area contributed by atoms with Crippen LogP contribution >= 0.6 is 0 Å². The molecular formula is C15H28O2. The second-order valence-electron chi connectivity index (χ2n) is 5.96. The quantitative estimate of drug-likeness (QED) is 0.674. The van der Waals surface area contributed by atoms with Gasteiger partial charge in [-0.05, 0) is 37.0 Å². The van der Waals surface area contributed by atoms with E-state index in [0.29, 0.717) is 24.2 Å². The lowest BCUT2D eigenvalue weighted by Crippen LogP contribution is -2.35. The zero-order valence-corrected chi connectivity index (χ0v) is 11.9. The minimum Gasteiger partial charge on any atom is -0.462 e. The molecule has 0 aromatic carbocycles. The zero-order valence-electron chi connectivity index (χ0n) is 11.9. The van der Waals surface area contributed by atoms with E-state index in [4.69, 9.17) is 4.74 Å². The summed E-state index contributed by atoms with van der Waals surface area (Å²) < 4.78 is 5.70. The molecule has 0 aromatic heterocycles. The van der Waals surface area contributed by atoms with Gasteiger partial charge in [0.05, 0.1) is 0 Å². The van der Waals surface area contributed by atoms with Crippen molar-refractivity contribution in [2.45, 2.75) is 72.3 Å². The summed E-state index contributed by atoms with van der Waals surface area (Å²) >= 11 is 0. The molecule has 0 unspecified atom stereocenters. The Balaban J connectivity index is 2.48. The highest BCUT2D eigenvalue weighted by Gasteiger charge is 2.33. The van der Waals surface area contributed by atoms with Crippen molar-refractivity contribution in [3.63, 3.8) is 0 Å². The van der Waals surface area contributed by atoms with Gasteiger partial charge >= 0.3 is 5.97 Å². The molecule has 1 aliphatic rings. The highest BCUT2D eigenvalue weighted by Crippen LogP contribution is 2.35. The van der Waals surface area contributed by atoms with Gasteiger partial charge in [-0.1, -0.05) is 40.5 Å². The number of hydrogen-bond donors (Lipinski definition) is 0. The first-order valence-electron chi connectivity index (χ1n) is 7.24. The summed E-state index contributed by atoms with van der Waals surface area (Å²) in [6, 6.07) is 0. The molecule has 0 heterocycles. The third-order valence-corrected chi connectivity index (χ3v) is 3.98. The van der Waals surface area contributed by atoms with Crippen LogP contribution in [0.1, 0.15) is 66.2 Å². The average molecular weight is 240 g/mol. The summed E-state index contributed by atoms with van der Waals surface area (Å²) in [6.07, 6.45) is 6.32. The molecule has 1 saturated carbocycles. The van der Waals surface area contributed by atoms with Gasteiger partial charge < -0.3 is 4.74 Å². The molecule has 100 valence electrons. The van der Waals surface area contributed by atoms with Crippen LogP contribution in [-0.4, -0.2) is 12.1 Å². The Hall–Kier alpha value is -0.530. The standard InChI is InChI=1S/C15H28O2/c1-5-6-7-15(16)17-14-10-12(4)8-9-13(14)11(2)3/h11-14H,5-10H2,1-4H3/t12-,13-,14+/m0/s1. The van der Waals surface area contributed by atoms with Crippen LogP contribution in [0.5, 0.6) is 0 Å². The summed E-state index contributed by atoms with van der Waals surface area (Å²) in [6.45, 7) is 8.86. The highest BCUT2D eigenvalue weighted by atomic mass is 16.5. The lowest BCUT2D eigenvalue weighted by Gasteiger charge is -2.36. The van der Waals surface area contributed by atoms with E-state index in [1.165, 1.54) is 12.8 Å². The molecule has 17 heavy (non-hydrogen) atoms. The van der Waals surface area contributed by atoms with Crippen LogP contribution in [0.15, 0.2) is 0 Å². The normalized spacial score (nSPS) is 29.4. The third-order valence-electron chi connectivity index (χ3n) is 3.98. The van der Waals surface area contributed by atoms with Crippen molar-refractivity contribution in [2.75, 3.05) is 0 Å². The van der Waals surface area contributed by atoms with Gasteiger partial charge in [-0.2, -0.15) is 0 Å². The molecule has 1 rings (SSSR count). The lowest BCUT2D eigenvalue weighted by atomic mass is 9.75. The van der Waals surface area contributed by atoms with Crippen LogP contribution in [0.4, 0.5) is 0 Å². The van der Waals surface area contributed by atoms with E-state index >= 15 is 0 Å². The van der Waals surface area contributed by atoms with Crippen LogP contribution in [0.2, 0.25) is 0 Å². The molecule has 1 aliphatic carbocycles. The van der Waals surface area contributed by atoms with Gasteiger partial charge in [0.1, 0.15) is 6.10 Å². The van der Waals surface area contributed by atoms with Crippen molar-refractivity contribution in [1.29, 1.82) is 0 Å². The number of hydrogen-bond acceptors (Lipinski definition) is 2. The largest absolute Gasteiger partial charge is 0.462 e. The summed E-state index contributed by atoms with van der Waals surface area (Å²) in [5.41, 5.74) is 0. The molecular weight excluding hydrogens is 212 g/mol. The Morgan fingerprint density at radius 2 is 2.06 bits per heavy atom. The number of carbonyl (C=O) groups excluding carboxylic acids is 1. The molecule has 0 N–H and O–H groups in total. The van der Waals surface area contributed by atoms with Gasteiger partial charge in [-0.25, -0.2) is 0 Å². The van der Waals surface area contributed by atoms with E-state index in [2.05, 4.69) is 27.7 Å². The van der Waals surface area contributed by atoms with E-state index < -0.39 is 0 Å². The van der Waals surface area contributed by atoms with Gasteiger partial charge in [0.15, 0.2) is 0 Å². The van der Waals surface area contributed by atoms with Crippen molar-refractivity contribution in [3.8, 4) is 0 Å². The topological polar surface area (TPSA) is 26.3 Å². The van der Waals surface area contributed by atoms with Gasteiger partial charge in [0.2, 0.25) is 0 Å². The molecule has 3 atom stereocenters. The maximum absolute atomic E-state index is 11.7. The van der Waals surface area contributed by atoms with Crippen molar-refractivity contribution in [2.24, 2.45) is 17.8 Å². The monoisotopic (exact) mass is 240 g/mol. The molecule has 0 radical (unpaired) electrons. The van der Waals surface area contributed by atoms with Gasteiger partial charge in [0.25, 0.3) is 0 Å². The van der Waals surface area contributed by atoms with Crippen LogP contribution in [-0.2, 0) is 9.53 Å². The Morgan fingerprint density at radius 3 is 2.65 bits per heavy atom. The first-order valence-corrected chi connectivity index (χ1v) is 7.24. The minimum atomic E-state index is 0.0107. The Kier molecular flexibility index (Phi) is 6.01. The van der Waals surface area contributed by atoms with E-state index in [1.807, 2.05) is 0 Å². The first kappa shape index (κ1) is 14.5. The molecule has 0 bridgehead atoms. The predicted octanol–water partition coefficient (Wildman–Crippen LogP) is 4.18. The summed E-state index contributed by atoms with van der Waals surface area (Å²) in [5.74, 6) is 1.90. The van der Waals surface area contributed by atoms with Crippen molar-refractivity contribution >= 4 is 5.97 Å². The minimum absolute atomic E-state index is 0.0107. The summed E-state index contributed by atoms with van der Waals surface area (Å²) in [7, 11) is 0. The molecule has 0 spiro atoms. The van der Waals surface area contributed by atoms with Crippen molar-refractivity contribution in [1.82, 2.24) is 0 Å². The number of carbonyl (C=O) groups is 1. The second kappa shape index (κ2) is 7.03. The van der Waals surface area contributed by atoms with Gasteiger partial charge in [0, 0.05) is 6.42 Å². The molecule has 2 nitrogen and oxygen atoms in total. The Bertz CT molecular complexity index is 235. The fourth-order valence-electron chi connectivity index (χ4n) is 2.80. The maximum Gasteiger partial charge on any atom is 0.306 e. The van der Waals surface area contributed by atoms with Crippen LogP contribution in [0, 0.1) is 17.8 Å². The SMILES string of the molecule is CCCCC(=O)O[C@@H]1C[C@@H](C)CC[C@H]1C(C)C. The molecule has 0 aliphatic heterocycles. The Morgan fingerprint density at radius 1 is 1.35 bits per heavy atom. The van der Waals surface area contributed by atoms with Gasteiger partial charge in [-0.3, -0.25) is 4.79 Å². The molecule has 2 heteroatoms. The lowest BCUT2D eigenvalue weighted by molar-refractivity contribution is -0.156. The van der Waals surface area contributed by atoms with Crippen molar-refractivity contribution < 1.29 is 9.53 Å². The fourth-order valence-corrected chi connectivity index (χ4v) is 2.80. The van der Waals surface area contributed by atoms with Crippen molar-refractivity contribution in [3.05, 3.63) is 0 Å². The van der Waals surface area contributed by atoms with Crippen LogP contribution in [0.25, 0.3) is 0 Å². The van der Waals surface area contributed by atoms with E-state index in [-0.39, 0.29) is 12.1 Å². The van der Waals surface area contributed by atoms with E-state index in [9.17, 15) is 4.79 Å². The average Bonchev–Trinajstić information content (AvgIpc) is 2.26. The zero-order chi connectivity index (χ0) is 12.8. The fraction of sp³-hybridized carbons (Fsp3) is 0.933. The molecule has 1 fully saturated rings. The van der Waals surface area contributed by atoms with E-state index in [1.54, 1.807) is 0 Å². The number of ether oxygens (including phenoxy) is 1. The highest BCUT2D eigenvalue weighted by molar-refractivity contribution is 5.69. The third kappa shape index (κ3) is 4.69. The summed E-state index contributed by atoms with van der Waals surface area (Å²) in [4.78, 5) is 11.7. The van der Waals surface area contributed by atoms with E-state index in [0.717, 1.165) is 19.3 Å².